The second-order valence-electron chi connectivity index (χ2n) is 12.9. The fraction of sp³-hybridized carbons (Fsp3) is 0.767. The first-order valence-electron chi connectivity index (χ1n) is 14.3. The molecule has 0 unspecified atom stereocenters. The molecule has 5 nitrogen and oxygen atoms in total. The summed E-state index contributed by atoms with van der Waals surface area (Å²) in [6.45, 7) is 4.95. The molecule has 4 aliphatic rings. The van der Waals surface area contributed by atoms with Gasteiger partial charge in [0.15, 0.2) is 0 Å². The van der Waals surface area contributed by atoms with Gasteiger partial charge in [-0.15, -0.1) is 13.2 Å². The molecule has 0 saturated heterocycles. The number of hydrogen-bond donors (Lipinski definition) is 2. The molecule has 212 valence electrons. The summed E-state index contributed by atoms with van der Waals surface area (Å²) in [6.07, 6.45) is 5.13. The number of benzene rings is 1. The molecule has 0 aromatic heterocycles. The van der Waals surface area contributed by atoms with Crippen LogP contribution in [-0.4, -0.2) is 42.7 Å². The molecular formula is C30H42F3NO4. The van der Waals surface area contributed by atoms with Crippen LogP contribution in [0, 0.1) is 40.9 Å². The number of amides is 1. The topological polar surface area (TPSA) is 67.8 Å². The van der Waals surface area contributed by atoms with E-state index in [1.54, 1.807) is 7.11 Å². The van der Waals surface area contributed by atoms with Crippen molar-refractivity contribution >= 4 is 5.91 Å². The van der Waals surface area contributed by atoms with E-state index in [1.807, 2.05) is 0 Å². The summed E-state index contributed by atoms with van der Waals surface area (Å²) in [4.78, 5) is 13.0. The quantitative estimate of drug-likeness (QED) is 0.444. The minimum atomic E-state index is -4.75. The molecule has 0 spiro atoms. The number of alkyl halides is 3. The standard InChI is InChI=1S/C30H42F3NO4/c1-18(34-27(35)19-4-7-21(8-5-19)38-30(31,32)33)25-10-11-26-24-9-6-20-16-29(36,17-37-3)15-13-22(20)23(24)12-14-28(25,26)2/h4-5,7-8,18,20,22-26,36H,6,9-17H2,1-3H3,(H,34,35)/t18-,20+,22-,23+,24+,25+,26-,28+,29+/m0/s1. The van der Waals surface area contributed by atoms with Gasteiger partial charge in [-0.25, -0.2) is 0 Å². The largest absolute Gasteiger partial charge is 0.573 e. The Hall–Kier alpha value is -1.80. The van der Waals surface area contributed by atoms with E-state index in [0.717, 1.165) is 37.5 Å². The molecule has 4 saturated carbocycles. The van der Waals surface area contributed by atoms with Crippen LogP contribution in [0.4, 0.5) is 13.2 Å². The summed E-state index contributed by atoms with van der Waals surface area (Å²) < 4.78 is 46.6. The Kier molecular flexibility index (Phi) is 7.53. The Balaban J connectivity index is 1.22. The minimum absolute atomic E-state index is 0.0183. The first kappa shape index (κ1) is 27.8. The highest BCUT2D eigenvalue weighted by atomic mass is 19.4. The lowest BCUT2D eigenvalue weighted by Gasteiger charge is -2.57. The highest BCUT2D eigenvalue weighted by molar-refractivity contribution is 5.94. The van der Waals surface area contributed by atoms with Crippen LogP contribution < -0.4 is 10.1 Å². The number of ether oxygens (including phenoxy) is 2. The SMILES string of the molecule is COC[C@@]1(O)CC[C@H]2[C@H](CC[C@@H]3[C@@H]2CC[C@]2(C)[C@@H]([C@H](C)NC(=O)c4ccc(OC(F)(F)F)cc4)CC[C@@H]32)C1. The number of rotatable bonds is 6. The number of methoxy groups -OCH3 is 1. The smallest absolute Gasteiger partial charge is 0.406 e. The van der Waals surface area contributed by atoms with E-state index in [-0.39, 0.29) is 23.1 Å². The zero-order valence-electron chi connectivity index (χ0n) is 22.7. The molecule has 9 atom stereocenters. The number of nitrogens with one attached hydrogen (secondary N) is 1. The third kappa shape index (κ3) is 5.32. The molecule has 4 fully saturated rings. The van der Waals surface area contributed by atoms with Crippen LogP contribution in [0.5, 0.6) is 5.75 Å². The zero-order chi connectivity index (χ0) is 27.3. The molecule has 38 heavy (non-hydrogen) atoms. The Morgan fingerprint density at radius 2 is 1.76 bits per heavy atom. The van der Waals surface area contributed by atoms with Gasteiger partial charge in [0.25, 0.3) is 5.91 Å². The van der Waals surface area contributed by atoms with Crippen molar-refractivity contribution < 1.29 is 32.5 Å². The predicted molar refractivity (Wildman–Crippen MR) is 137 cm³/mol. The highest BCUT2D eigenvalue weighted by Crippen LogP contribution is 2.65. The second-order valence-corrected chi connectivity index (χ2v) is 12.9. The van der Waals surface area contributed by atoms with Gasteiger partial charge in [-0.3, -0.25) is 4.79 Å². The van der Waals surface area contributed by atoms with Crippen molar-refractivity contribution in [2.45, 2.75) is 89.6 Å². The van der Waals surface area contributed by atoms with Crippen molar-refractivity contribution in [2.75, 3.05) is 13.7 Å². The third-order valence-electron chi connectivity index (χ3n) is 10.9. The van der Waals surface area contributed by atoms with Crippen molar-refractivity contribution in [1.82, 2.24) is 5.32 Å². The molecule has 0 aliphatic heterocycles. The molecular weight excluding hydrogens is 495 g/mol. The van der Waals surface area contributed by atoms with E-state index in [1.165, 1.54) is 56.4 Å². The number of carbonyl (C=O) groups excluding carboxylic acids is 1. The molecule has 1 aromatic carbocycles. The summed E-state index contributed by atoms with van der Waals surface area (Å²) in [5.74, 6) is 3.20. The van der Waals surface area contributed by atoms with Gasteiger partial charge in [-0.2, -0.15) is 0 Å². The molecule has 1 aromatic rings. The lowest BCUT2D eigenvalue weighted by Crippen LogP contribution is -2.53. The number of halogens is 3. The Morgan fingerprint density at radius 3 is 2.45 bits per heavy atom. The first-order chi connectivity index (χ1) is 17.9. The maximum absolute atomic E-state index is 13.0. The molecule has 8 heteroatoms. The molecule has 5 rings (SSSR count). The summed E-state index contributed by atoms with van der Waals surface area (Å²) >= 11 is 0. The van der Waals surface area contributed by atoms with Crippen molar-refractivity contribution in [1.29, 1.82) is 0 Å². The number of aliphatic hydroxyl groups is 1. The zero-order valence-corrected chi connectivity index (χ0v) is 22.7. The van der Waals surface area contributed by atoms with E-state index in [2.05, 4.69) is 23.9 Å². The molecule has 0 heterocycles. The summed E-state index contributed by atoms with van der Waals surface area (Å²) in [5, 5.41) is 14.2. The first-order valence-corrected chi connectivity index (χ1v) is 14.3. The normalized spacial score (nSPS) is 39.4. The third-order valence-corrected chi connectivity index (χ3v) is 10.9. The van der Waals surface area contributed by atoms with Gasteiger partial charge in [-0.1, -0.05) is 6.92 Å². The minimum Gasteiger partial charge on any atom is -0.406 e. The average molecular weight is 538 g/mol. The van der Waals surface area contributed by atoms with Crippen LogP contribution in [0.25, 0.3) is 0 Å². The summed E-state index contributed by atoms with van der Waals surface area (Å²) in [5.41, 5.74) is -0.154. The molecule has 0 radical (unpaired) electrons. The average Bonchev–Trinajstić information content (AvgIpc) is 3.20. The Labute approximate surface area is 223 Å². The van der Waals surface area contributed by atoms with Crippen LogP contribution in [0.1, 0.15) is 82.0 Å². The van der Waals surface area contributed by atoms with Crippen molar-refractivity contribution in [3.05, 3.63) is 29.8 Å². The molecule has 1 amide bonds. The molecule has 0 bridgehead atoms. The fourth-order valence-electron chi connectivity index (χ4n) is 9.42. The van der Waals surface area contributed by atoms with Crippen LogP contribution >= 0.6 is 0 Å². The van der Waals surface area contributed by atoms with E-state index in [0.29, 0.717) is 35.8 Å². The van der Waals surface area contributed by atoms with Gasteiger partial charge in [0.1, 0.15) is 5.75 Å². The van der Waals surface area contributed by atoms with Crippen molar-refractivity contribution in [2.24, 2.45) is 40.9 Å². The van der Waals surface area contributed by atoms with Crippen molar-refractivity contribution in [3.63, 3.8) is 0 Å². The van der Waals surface area contributed by atoms with Crippen molar-refractivity contribution in [3.8, 4) is 5.75 Å². The van der Waals surface area contributed by atoms with E-state index in [4.69, 9.17) is 4.74 Å². The molecule has 4 aliphatic carbocycles. The highest BCUT2D eigenvalue weighted by Gasteiger charge is 2.58. The Bertz CT molecular complexity index is 1000. The maximum Gasteiger partial charge on any atom is 0.573 e. The van der Waals surface area contributed by atoms with Crippen LogP contribution in [0.3, 0.4) is 0 Å². The predicted octanol–water partition coefficient (Wildman–Crippen LogP) is 6.35. The summed E-state index contributed by atoms with van der Waals surface area (Å²) in [7, 11) is 1.67. The van der Waals surface area contributed by atoms with Gasteiger partial charge in [0, 0.05) is 18.7 Å². The van der Waals surface area contributed by atoms with Crippen LogP contribution in [0.15, 0.2) is 24.3 Å². The summed E-state index contributed by atoms with van der Waals surface area (Å²) in [6, 6.07) is 5.10. The van der Waals surface area contributed by atoms with E-state index in [9.17, 15) is 23.1 Å². The fourth-order valence-corrected chi connectivity index (χ4v) is 9.42. The van der Waals surface area contributed by atoms with Gasteiger partial charge in [0.2, 0.25) is 0 Å². The number of carbonyl (C=O) groups is 1. The lowest BCUT2D eigenvalue weighted by molar-refractivity contribution is -0.274. The van der Waals surface area contributed by atoms with Crippen LogP contribution in [0.2, 0.25) is 0 Å². The number of hydrogen-bond acceptors (Lipinski definition) is 4. The Morgan fingerprint density at radius 1 is 1.05 bits per heavy atom. The number of fused-ring (bicyclic) bond motifs is 5. The molecule has 2 N–H and O–H groups in total. The van der Waals surface area contributed by atoms with Gasteiger partial charge in [0.05, 0.1) is 12.2 Å². The monoisotopic (exact) mass is 537 g/mol. The van der Waals surface area contributed by atoms with Gasteiger partial charge >= 0.3 is 6.36 Å². The van der Waals surface area contributed by atoms with Gasteiger partial charge < -0.3 is 19.9 Å². The van der Waals surface area contributed by atoms with Gasteiger partial charge in [-0.05, 0) is 130 Å². The second kappa shape index (κ2) is 10.3. The van der Waals surface area contributed by atoms with E-state index >= 15 is 0 Å². The van der Waals surface area contributed by atoms with E-state index < -0.39 is 12.0 Å². The van der Waals surface area contributed by atoms with Crippen LogP contribution in [-0.2, 0) is 4.74 Å². The maximum atomic E-state index is 13.0. The lowest BCUT2D eigenvalue weighted by atomic mass is 9.48.